The minimum absolute atomic E-state index is 0.0875. The van der Waals surface area contributed by atoms with E-state index in [2.05, 4.69) is 22.9 Å². The van der Waals surface area contributed by atoms with Gasteiger partial charge in [0.25, 0.3) is 5.91 Å². The van der Waals surface area contributed by atoms with E-state index in [1.165, 1.54) is 7.11 Å². The Morgan fingerprint density at radius 3 is 2.65 bits per heavy atom. The zero-order chi connectivity index (χ0) is 24.7. The lowest BCUT2D eigenvalue weighted by Gasteiger charge is -2.30. The maximum Gasteiger partial charge on any atom is 0.323 e. The van der Waals surface area contributed by atoms with Gasteiger partial charge in [-0.05, 0) is 43.2 Å². The van der Waals surface area contributed by atoms with Crippen LogP contribution in [0, 0.1) is 5.92 Å². The van der Waals surface area contributed by atoms with Crippen molar-refractivity contribution in [3.8, 4) is 11.5 Å². The van der Waals surface area contributed by atoms with Crippen molar-refractivity contribution in [2.75, 3.05) is 51.6 Å². The van der Waals surface area contributed by atoms with Gasteiger partial charge in [0.1, 0.15) is 18.1 Å². The molecule has 9 heteroatoms. The molecule has 1 aliphatic heterocycles. The molecule has 3 amide bonds. The molecule has 0 saturated carbocycles. The molecule has 0 saturated heterocycles. The maximum atomic E-state index is 13.3. The summed E-state index contributed by atoms with van der Waals surface area (Å²) in [5, 5.41) is 9.00. The number of methoxy groups -OCH3 is 2. The molecule has 2 aromatic rings. The van der Waals surface area contributed by atoms with Gasteiger partial charge in [-0.25, -0.2) is 4.79 Å². The quantitative estimate of drug-likeness (QED) is 0.633. The number of hydrogen-bond acceptors (Lipinski definition) is 6. The van der Waals surface area contributed by atoms with Crippen LogP contribution in [0.4, 0.5) is 16.2 Å². The summed E-state index contributed by atoms with van der Waals surface area (Å²) in [7, 11) is 4.94. The highest BCUT2D eigenvalue weighted by Gasteiger charge is 2.25. The number of hydrogen-bond donors (Lipinski definition) is 3. The molecule has 3 atom stereocenters. The second kappa shape index (κ2) is 11.7. The second-order valence-electron chi connectivity index (χ2n) is 8.55. The fourth-order valence-electron chi connectivity index (χ4n) is 3.77. The predicted molar refractivity (Wildman–Crippen MR) is 132 cm³/mol. The van der Waals surface area contributed by atoms with Crippen molar-refractivity contribution in [3.63, 3.8) is 0 Å². The molecule has 0 aromatic heterocycles. The van der Waals surface area contributed by atoms with E-state index in [1.807, 2.05) is 13.0 Å². The number of carbonyl (C=O) groups is 2. The number of ether oxygens (including phenoxy) is 3. The largest absolute Gasteiger partial charge is 0.495 e. The maximum absolute atomic E-state index is 13.3. The number of nitrogens with zero attached hydrogens (tertiary/aromatic N) is 1. The average Bonchev–Trinajstić information content (AvgIpc) is 2.84. The van der Waals surface area contributed by atoms with Crippen LogP contribution in [0.2, 0.25) is 0 Å². The highest BCUT2D eigenvalue weighted by Crippen LogP contribution is 2.27. The molecule has 0 unspecified atom stereocenters. The number of benzene rings is 2. The molecule has 3 rings (SSSR count). The minimum atomic E-state index is -0.453. The first-order valence-corrected chi connectivity index (χ1v) is 11.3. The van der Waals surface area contributed by atoms with Gasteiger partial charge in [0.2, 0.25) is 0 Å². The number of nitrogens with one attached hydrogen (secondary N) is 3. The molecular weight excluding hydrogens is 436 g/mol. The molecular formula is C25H34N4O5. The first kappa shape index (κ1) is 25.3. The summed E-state index contributed by atoms with van der Waals surface area (Å²) < 4.78 is 16.9. The van der Waals surface area contributed by atoms with Gasteiger partial charge in [-0.1, -0.05) is 19.1 Å². The van der Waals surface area contributed by atoms with E-state index in [9.17, 15) is 9.59 Å². The van der Waals surface area contributed by atoms with Gasteiger partial charge < -0.3 is 35.1 Å². The Hall–Kier alpha value is -3.30. The monoisotopic (exact) mass is 470 g/mol. The lowest BCUT2D eigenvalue weighted by atomic mass is 10.0. The molecule has 0 fully saturated rings. The van der Waals surface area contributed by atoms with Crippen molar-refractivity contribution < 1.29 is 23.8 Å². The van der Waals surface area contributed by atoms with E-state index in [0.717, 1.165) is 6.54 Å². The zero-order valence-corrected chi connectivity index (χ0v) is 20.4. The van der Waals surface area contributed by atoms with E-state index in [4.69, 9.17) is 14.2 Å². The summed E-state index contributed by atoms with van der Waals surface area (Å²) in [5.74, 6) is 1.00. The molecule has 9 nitrogen and oxygen atoms in total. The van der Waals surface area contributed by atoms with Crippen LogP contribution >= 0.6 is 0 Å². The summed E-state index contributed by atoms with van der Waals surface area (Å²) in [6.07, 6.45) is -0.120. The lowest BCUT2D eigenvalue weighted by Crippen LogP contribution is -2.44. The first-order valence-electron chi connectivity index (χ1n) is 11.3. The van der Waals surface area contributed by atoms with Crippen LogP contribution in [0.1, 0.15) is 24.2 Å². The van der Waals surface area contributed by atoms with Crippen molar-refractivity contribution >= 4 is 23.3 Å². The highest BCUT2D eigenvalue weighted by atomic mass is 16.5. The van der Waals surface area contributed by atoms with Crippen molar-refractivity contribution in [2.24, 2.45) is 5.92 Å². The molecule has 0 aliphatic carbocycles. The number of anilines is 2. The van der Waals surface area contributed by atoms with Crippen LogP contribution < -0.4 is 25.4 Å². The van der Waals surface area contributed by atoms with Crippen molar-refractivity contribution in [2.45, 2.75) is 26.0 Å². The van der Waals surface area contributed by atoms with Gasteiger partial charge in [-0.2, -0.15) is 0 Å². The molecule has 184 valence electrons. The van der Waals surface area contributed by atoms with E-state index < -0.39 is 6.03 Å². The van der Waals surface area contributed by atoms with E-state index >= 15 is 0 Å². The Balaban J connectivity index is 1.83. The number of para-hydroxylation sites is 2. The number of carbonyl (C=O) groups excluding carboxylic acids is 2. The standard InChI is InChI=1S/C25H34N4O5/c1-16-13-26-17(2)15-34-21-11-10-18(12-19(21)24(30)29(3)14-23(16)33-5)27-25(31)28-20-8-6-7-9-22(20)32-4/h6-12,16-17,23,26H,13-15H2,1-5H3,(H2,27,28,31)/t16-,17-,23+/m0/s1. The third-order valence-electron chi connectivity index (χ3n) is 5.84. The second-order valence-corrected chi connectivity index (χ2v) is 8.55. The average molecular weight is 471 g/mol. The Bertz CT molecular complexity index is 999. The number of urea groups is 1. The molecule has 1 heterocycles. The van der Waals surface area contributed by atoms with Crippen molar-refractivity contribution in [1.29, 1.82) is 0 Å². The molecule has 34 heavy (non-hydrogen) atoms. The van der Waals surface area contributed by atoms with Crippen LogP contribution in [0.15, 0.2) is 42.5 Å². The van der Waals surface area contributed by atoms with Gasteiger partial charge in [-0.15, -0.1) is 0 Å². The number of likely N-dealkylation sites (N-methyl/N-ethyl adjacent to an activating group) is 1. The number of rotatable bonds is 4. The molecule has 2 aromatic carbocycles. The summed E-state index contributed by atoms with van der Waals surface area (Å²) in [4.78, 5) is 27.6. The highest BCUT2D eigenvalue weighted by molar-refractivity contribution is 6.03. The van der Waals surface area contributed by atoms with Crippen LogP contribution in [0.5, 0.6) is 11.5 Å². The summed E-state index contributed by atoms with van der Waals surface area (Å²) in [6, 6.07) is 11.8. The van der Waals surface area contributed by atoms with Gasteiger partial charge in [-0.3, -0.25) is 4.79 Å². The van der Waals surface area contributed by atoms with Gasteiger partial charge in [0, 0.05) is 39.0 Å². The Morgan fingerprint density at radius 1 is 1.15 bits per heavy atom. The minimum Gasteiger partial charge on any atom is -0.495 e. The Labute approximate surface area is 200 Å². The Morgan fingerprint density at radius 2 is 1.91 bits per heavy atom. The molecule has 0 bridgehead atoms. The van der Waals surface area contributed by atoms with Crippen LogP contribution in [0.25, 0.3) is 0 Å². The Kier molecular flexibility index (Phi) is 8.72. The predicted octanol–water partition coefficient (Wildman–Crippen LogP) is 3.43. The number of amides is 3. The smallest absolute Gasteiger partial charge is 0.323 e. The zero-order valence-electron chi connectivity index (χ0n) is 20.4. The summed E-state index contributed by atoms with van der Waals surface area (Å²) in [6.45, 7) is 5.70. The SMILES string of the molecule is COc1ccccc1NC(=O)Nc1ccc2c(c1)C(=O)N(C)C[C@@H](OC)[C@@H](C)CN[C@@H](C)CO2. The van der Waals surface area contributed by atoms with E-state index in [1.54, 1.807) is 55.5 Å². The van der Waals surface area contributed by atoms with E-state index in [-0.39, 0.29) is 24.0 Å². The lowest BCUT2D eigenvalue weighted by molar-refractivity contribution is 0.0281. The van der Waals surface area contributed by atoms with E-state index in [0.29, 0.717) is 41.6 Å². The van der Waals surface area contributed by atoms with Gasteiger partial charge in [0.15, 0.2) is 0 Å². The van der Waals surface area contributed by atoms with Gasteiger partial charge >= 0.3 is 6.03 Å². The normalized spacial score (nSPS) is 21.4. The topological polar surface area (TPSA) is 101 Å². The molecule has 0 spiro atoms. The van der Waals surface area contributed by atoms with Crippen LogP contribution in [0.3, 0.4) is 0 Å². The fraction of sp³-hybridized carbons (Fsp3) is 0.440. The fourth-order valence-corrected chi connectivity index (χ4v) is 3.77. The molecule has 3 N–H and O–H groups in total. The summed E-state index contributed by atoms with van der Waals surface area (Å²) in [5.41, 5.74) is 1.37. The van der Waals surface area contributed by atoms with Crippen molar-refractivity contribution in [3.05, 3.63) is 48.0 Å². The summed E-state index contributed by atoms with van der Waals surface area (Å²) >= 11 is 0. The third-order valence-corrected chi connectivity index (χ3v) is 5.84. The van der Waals surface area contributed by atoms with Crippen LogP contribution in [-0.2, 0) is 4.74 Å². The number of fused-ring (bicyclic) bond motifs is 1. The van der Waals surface area contributed by atoms with Gasteiger partial charge in [0.05, 0.1) is 24.5 Å². The molecule has 1 aliphatic rings. The third kappa shape index (κ3) is 6.39. The molecule has 0 radical (unpaired) electrons. The first-order chi connectivity index (χ1) is 16.3. The van der Waals surface area contributed by atoms with Crippen molar-refractivity contribution in [1.82, 2.24) is 10.2 Å². The van der Waals surface area contributed by atoms with Crippen LogP contribution in [-0.4, -0.2) is 69.9 Å².